The summed E-state index contributed by atoms with van der Waals surface area (Å²) in [6.45, 7) is 4.69. The van der Waals surface area contributed by atoms with Gasteiger partial charge in [0.15, 0.2) is 0 Å². The number of allylic oxidation sites excluding steroid dienone is 7. The second-order valence-electron chi connectivity index (χ2n) is 16.0. The van der Waals surface area contributed by atoms with E-state index < -0.39 is 20.0 Å². The molecule has 0 aliphatic rings. The molecule has 0 radical (unpaired) electrons. The van der Waals surface area contributed by atoms with Crippen LogP contribution in [0.2, 0.25) is 0 Å². The van der Waals surface area contributed by atoms with Crippen molar-refractivity contribution in [3.63, 3.8) is 0 Å². The van der Waals surface area contributed by atoms with Crippen LogP contribution in [0.15, 0.2) is 48.6 Å². The summed E-state index contributed by atoms with van der Waals surface area (Å²) in [5, 5.41) is 13.7. The Morgan fingerprint density at radius 3 is 1.56 bits per heavy atom. The molecule has 0 saturated carbocycles. The van der Waals surface area contributed by atoms with Gasteiger partial charge in [-0.1, -0.05) is 159 Å². The fourth-order valence-corrected chi connectivity index (χ4v) is 6.69. The van der Waals surface area contributed by atoms with Crippen molar-refractivity contribution in [2.75, 3.05) is 40.9 Å². The van der Waals surface area contributed by atoms with E-state index in [0.29, 0.717) is 17.4 Å². The van der Waals surface area contributed by atoms with Gasteiger partial charge in [0.1, 0.15) is 13.2 Å². The summed E-state index contributed by atoms with van der Waals surface area (Å²) in [6.07, 6.45) is 46.2. The zero-order valence-corrected chi connectivity index (χ0v) is 36.6. The van der Waals surface area contributed by atoms with Gasteiger partial charge in [-0.25, -0.2) is 4.57 Å². The van der Waals surface area contributed by atoms with Crippen LogP contribution in [0.1, 0.15) is 181 Å². The van der Waals surface area contributed by atoms with Crippen molar-refractivity contribution >= 4 is 13.7 Å². The maximum atomic E-state index is 12.8. The Morgan fingerprint density at radius 2 is 1.06 bits per heavy atom. The van der Waals surface area contributed by atoms with Crippen molar-refractivity contribution in [3.8, 4) is 0 Å². The van der Waals surface area contributed by atoms with Crippen LogP contribution in [-0.2, 0) is 18.4 Å². The van der Waals surface area contributed by atoms with E-state index in [9.17, 15) is 19.4 Å². The number of nitrogens with one attached hydrogen (secondary N) is 1. The van der Waals surface area contributed by atoms with Crippen LogP contribution in [0.5, 0.6) is 0 Å². The first-order chi connectivity index (χ1) is 26.0. The number of amides is 1. The van der Waals surface area contributed by atoms with E-state index in [2.05, 4.69) is 55.6 Å². The lowest BCUT2D eigenvalue weighted by Crippen LogP contribution is -2.45. The highest BCUT2D eigenvalue weighted by atomic mass is 31.2. The molecule has 3 N–H and O–H groups in total. The van der Waals surface area contributed by atoms with Gasteiger partial charge in [-0.3, -0.25) is 13.8 Å². The van der Waals surface area contributed by atoms with Crippen molar-refractivity contribution in [1.82, 2.24) is 5.32 Å². The number of nitrogens with zero attached hydrogens (tertiary/aromatic N) is 1. The molecule has 0 bridgehead atoms. The second kappa shape index (κ2) is 37.1. The molecule has 54 heavy (non-hydrogen) atoms. The van der Waals surface area contributed by atoms with Gasteiger partial charge in [-0.2, -0.15) is 0 Å². The van der Waals surface area contributed by atoms with E-state index >= 15 is 0 Å². The van der Waals surface area contributed by atoms with Gasteiger partial charge in [0.2, 0.25) is 5.91 Å². The van der Waals surface area contributed by atoms with Gasteiger partial charge in [-0.15, -0.1) is 0 Å². The Kier molecular flexibility index (Phi) is 36.0. The number of phosphoric ester groups is 1. The van der Waals surface area contributed by atoms with Gasteiger partial charge in [0.05, 0.1) is 39.9 Å². The van der Waals surface area contributed by atoms with Crippen molar-refractivity contribution in [1.29, 1.82) is 0 Å². The molecule has 0 aromatic carbocycles. The third-order valence-corrected chi connectivity index (χ3v) is 10.5. The molecular formula is C45H86N2O6P+. The SMILES string of the molecule is CCC/C=C/CC/C=C/CC/C=C/C(O)C(COP(=O)(O)OCC[N+](C)(C)C)NC(=O)CCCCCCCCCCC/C=C\CCCCCCCCCC. The highest BCUT2D eigenvalue weighted by Crippen LogP contribution is 2.43. The lowest BCUT2D eigenvalue weighted by Gasteiger charge is -2.25. The molecule has 1 amide bonds. The Hall–Kier alpha value is -1.54. The first-order valence-corrected chi connectivity index (χ1v) is 23.5. The Balaban J connectivity index is 4.35. The van der Waals surface area contributed by atoms with E-state index in [1.54, 1.807) is 6.08 Å². The number of likely N-dealkylation sites (N-methyl/N-ethyl adjacent to an activating group) is 1. The highest BCUT2D eigenvalue weighted by Gasteiger charge is 2.27. The molecule has 0 saturated heterocycles. The molecule has 0 aliphatic carbocycles. The average molecular weight is 782 g/mol. The predicted octanol–water partition coefficient (Wildman–Crippen LogP) is 12.1. The number of aliphatic hydroxyl groups is 1. The first-order valence-electron chi connectivity index (χ1n) is 22.0. The monoisotopic (exact) mass is 782 g/mol. The fraction of sp³-hybridized carbons (Fsp3) is 0.800. The minimum absolute atomic E-state index is 0.0520. The van der Waals surface area contributed by atoms with Gasteiger partial charge >= 0.3 is 7.82 Å². The number of hydrogen-bond donors (Lipinski definition) is 3. The lowest BCUT2D eigenvalue weighted by molar-refractivity contribution is -0.870. The molecule has 0 fully saturated rings. The van der Waals surface area contributed by atoms with E-state index in [1.807, 2.05) is 27.2 Å². The number of unbranched alkanes of at least 4 members (excludes halogenated alkanes) is 20. The van der Waals surface area contributed by atoms with Gasteiger partial charge in [0, 0.05) is 6.42 Å². The number of carbonyl (C=O) groups excluding carboxylic acids is 1. The molecule has 0 aliphatic heterocycles. The molecule has 0 spiro atoms. The van der Waals surface area contributed by atoms with Crippen molar-refractivity contribution < 1.29 is 32.9 Å². The average Bonchev–Trinajstić information content (AvgIpc) is 3.12. The maximum Gasteiger partial charge on any atom is 0.472 e. The predicted molar refractivity (Wildman–Crippen MR) is 231 cm³/mol. The van der Waals surface area contributed by atoms with Crippen LogP contribution in [-0.4, -0.2) is 73.4 Å². The van der Waals surface area contributed by atoms with Gasteiger partial charge in [-0.05, 0) is 64.2 Å². The topological polar surface area (TPSA) is 105 Å². The Bertz CT molecular complexity index is 1020. The largest absolute Gasteiger partial charge is 0.472 e. The molecule has 0 heterocycles. The smallest absolute Gasteiger partial charge is 0.387 e. The van der Waals surface area contributed by atoms with Crippen LogP contribution in [0.3, 0.4) is 0 Å². The lowest BCUT2D eigenvalue weighted by atomic mass is 10.0. The molecule has 0 aromatic rings. The molecule has 0 aromatic heterocycles. The van der Waals surface area contributed by atoms with Crippen LogP contribution >= 0.6 is 7.82 Å². The summed E-state index contributed by atoms with van der Waals surface area (Å²) in [6, 6.07) is -0.868. The number of rotatable bonds is 39. The van der Waals surface area contributed by atoms with Crippen LogP contribution in [0, 0.1) is 0 Å². The summed E-state index contributed by atoms with van der Waals surface area (Å²) < 4.78 is 23.5. The van der Waals surface area contributed by atoms with E-state index in [4.69, 9.17) is 9.05 Å². The molecular weight excluding hydrogens is 695 g/mol. The minimum atomic E-state index is -4.34. The van der Waals surface area contributed by atoms with Gasteiger partial charge in [0.25, 0.3) is 0 Å². The third kappa shape index (κ3) is 38.7. The summed E-state index contributed by atoms with van der Waals surface area (Å²) in [7, 11) is 1.54. The van der Waals surface area contributed by atoms with Gasteiger partial charge < -0.3 is 19.8 Å². The molecule has 3 atom stereocenters. The molecule has 3 unspecified atom stereocenters. The Morgan fingerprint density at radius 1 is 0.611 bits per heavy atom. The molecule has 9 heteroatoms. The van der Waals surface area contributed by atoms with Crippen LogP contribution < -0.4 is 5.32 Å². The van der Waals surface area contributed by atoms with E-state index in [1.165, 1.54) is 109 Å². The number of aliphatic hydroxyl groups excluding tert-OH is 1. The normalized spacial score (nSPS) is 14.9. The van der Waals surface area contributed by atoms with E-state index in [0.717, 1.165) is 51.4 Å². The molecule has 316 valence electrons. The standard InChI is InChI=1S/C45H85N2O6P/c1-6-8-10-12-14-16-18-19-20-21-22-23-24-25-26-27-29-31-33-35-37-39-45(49)46-43(42-53-54(50,51)52-41-40-47(3,4)5)44(48)38-36-34-32-30-28-17-15-13-11-9-7-2/h11,13,21-22,28,30,36,38,43-44,48H,6-10,12,14-20,23-27,29,31-35,37,39-42H2,1-5H3,(H-,46,49,50,51)/p+1/b13-11+,22-21-,30-28+,38-36+. The third-order valence-electron chi connectivity index (χ3n) is 9.48. The van der Waals surface area contributed by atoms with Crippen LogP contribution in [0.4, 0.5) is 0 Å². The molecule has 0 rings (SSSR count). The summed E-state index contributed by atoms with van der Waals surface area (Å²) >= 11 is 0. The number of hydrogen-bond acceptors (Lipinski definition) is 5. The zero-order valence-electron chi connectivity index (χ0n) is 35.7. The molecule has 8 nitrogen and oxygen atoms in total. The summed E-state index contributed by atoms with van der Waals surface area (Å²) in [5.74, 6) is -0.197. The second-order valence-corrected chi connectivity index (χ2v) is 17.5. The van der Waals surface area contributed by atoms with Crippen molar-refractivity contribution in [3.05, 3.63) is 48.6 Å². The minimum Gasteiger partial charge on any atom is -0.387 e. The fourth-order valence-electron chi connectivity index (χ4n) is 5.96. The van der Waals surface area contributed by atoms with Crippen molar-refractivity contribution in [2.24, 2.45) is 0 Å². The zero-order chi connectivity index (χ0) is 40.0. The summed E-state index contributed by atoms with van der Waals surface area (Å²) in [5.41, 5.74) is 0. The van der Waals surface area contributed by atoms with Crippen LogP contribution in [0.25, 0.3) is 0 Å². The number of quaternary nitrogens is 1. The van der Waals surface area contributed by atoms with Crippen molar-refractivity contribution in [2.45, 2.75) is 193 Å². The number of carbonyl (C=O) groups is 1. The van der Waals surface area contributed by atoms with E-state index in [-0.39, 0.29) is 19.1 Å². The highest BCUT2D eigenvalue weighted by molar-refractivity contribution is 7.47. The quantitative estimate of drug-likeness (QED) is 0.0248. The summed E-state index contributed by atoms with van der Waals surface area (Å²) in [4.78, 5) is 23.1. The maximum absolute atomic E-state index is 12.8. The first kappa shape index (κ1) is 52.5. The number of phosphoric acid groups is 1. The Labute approximate surface area is 333 Å².